The van der Waals surface area contributed by atoms with E-state index in [0.717, 1.165) is 0 Å². The van der Waals surface area contributed by atoms with Crippen LogP contribution in [-0.2, 0) is 4.74 Å². The molecule has 1 aromatic rings. The molecule has 0 radical (unpaired) electrons. The smallest absolute Gasteiger partial charge is 0.257 e. The Labute approximate surface area is 104 Å². The minimum Gasteiger partial charge on any atom is -0.388 e. The van der Waals surface area contributed by atoms with Gasteiger partial charge in [-0.25, -0.2) is 0 Å². The number of ether oxygens (including phenoxy) is 1. The second-order valence-corrected chi connectivity index (χ2v) is 4.24. The SMILES string of the molecule is CCN(C(=O)c1cn[nH]c1)[C@@H]1COC[C@@H](O)[C@H]1O. The Balaban J connectivity index is 2.15. The average molecular weight is 255 g/mol. The van der Waals surface area contributed by atoms with Gasteiger partial charge in [-0.05, 0) is 6.92 Å². The number of hydrogen-bond donors (Lipinski definition) is 3. The van der Waals surface area contributed by atoms with Gasteiger partial charge in [-0.2, -0.15) is 5.10 Å². The van der Waals surface area contributed by atoms with E-state index < -0.39 is 18.2 Å². The van der Waals surface area contributed by atoms with Crippen molar-refractivity contribution in [3.05, 3.63) is 18.0 Å². The second-order valence-electron chi connectivity index (χ2n) is 4.24. The Morgan fingerprint density at radius 1 is 1.61 bits per heavy atom. The number of carbonyl (C=O) groups excluding carboxylic acids is 1. The second kappa shape index (κ2) is 5.47. The molecule has 1 fully saturated rings. The normalized spacial score (nSPS) is 28.1. The molecular formula is C11H17N3O4. The number of aromatic nitrogens is 2. The number of aromatic amines is 1. The van der Waals surface area contributed by atoms with Gasteiger partial charge in [-0.1, -0.05) is 0 Å². The van der Waals surface area contributed by atoms with Crippen molar-refractivity contribution in [1.29, 1.82) is 0 Å². The average Bonchev–Trinajstić information content (AvgIpc) is 2.89. The highest BCUT2D eigenvalue weighted by Crippen LogP contribution is 2.17. The monoisotopic (exact) mass is 255 g/mol. The van der Waals surface area contributed by atoms with E-state index in [1.807, 2.05) is 6.92 Å². The quantitative estimate of drug-likeness (QED) is 0.643. The minimum absolute atomic E-state index is 0.0924. The summed E-state index contributed by atoms with van der Waals surface area (Å²) in [6.45, 7) is 2.54. The van der Waals surface area contributed by atoms with Crippen molar-refractivity contribution in [2.24, 2.45) is 0 Å². The van der Waals surface area contributed by atoms with Gasteiger partial charge in [0.15, 0.2) is 0 Å². The Hall–Kier alpha value is -1.44. The number of hydrogen-bond acceptors (Lipinski definition) is 5. The molecule has 3 N–H and O–H groups in total. The Morgan fingerprint density at radius 3 is 3.00 bits per heavy atom. The van der Waals surface area contributed by atoms with Crippen LogP contribution >= 0.6 is 0 Å². The molecule has 1 saturated heterocycles. The number of H-pyrrole nitrogens is 1. The summed E-state index contributed by atoms with van der Waals surface area (Å²) in [5, 5.41) is 25.8. The standard InChI is InChI=1S/C11H17N3O4/c1-2-14(11(17)7-3-12-13-4-7)8-5-18-6-9(15)10(8)16/h3-4,8-10,15-16H,2,5-6H2,1H3,(H,12,13)/t8-,9-,10+/m1/s1. The number of aliphatic hydroxyl groups is 2. The summed E-state index contributed by atoms with van der Waals surface area (Å²) in [4.78, 5) is 13.7. The zero-order valence-corrected chi connectivity index (χ0v) is 10.1. The van der Waals surface area contributed by atoms with E-state index in [1.54, 1.807) is 0 Å². The maximum absolute atomic E-state index is 12.2. The predicted octanol–water partition coefficient (Wildman–Crippen LogP) is -1.01. The van der Waals surface area contributed by atoms with Gasteiger partial charge < -0.3 is 19.8 Å². The van der Waals surface area contributed by atoms with Crippen LogP contribution in [0.25, 0.3) is 0 Å². The third kappa shape index (κ3) is 2.38. The fraction of sp³-hybridized carbons (Fsp3) is 0.636. The molecule has 0 unspecified atom stereocenters. The lowest BCUT2D eigenvalue weighted by molar-refractivity contribution is -0.125. The van der Waals surface area contributed by atoms with Crippen molar-refractivity contribution in [3.8, 4) is 0 Å². The lowest BCUT2D eigenvalue weighted by Crippen LogP contribution is -2.57. The zero-order chi connectivity index (χ0) is 13.1. The van der Waals surface area contributed by atoms with Crippen molar-refractivity contribution in [3.63, 3.8) is 0 Å². The van der Waals surface area contributed by atoms with Crippen LogP contribution in [0.15, 0.2) is 12.4 Å². The maximum atomic E-state index is 12.2. The van der Waals surface area contributed by atoms with E-state index in [-0.39, 0.29) is 19.1 Å². The van der Waals surface area contributed by atoms with Crippen LogP contribution in [0, 0.1) is 0 Å². The van der Waals surface area contributed by atoms with Crippen LogP contribution in [0.2, 0.25) is 0 Å². The first-order valence-electron chi connectivity index (χ1n) is 5.88. The molecule has 100 valence electrons. The van der Waals surface area contributed by atoms with Crippen molar-refractivity contribution in [2.45, 2.75) is 25.2 Å². The fourth-order valence-corrected chi connectivity index (χ4v) is 2.10. The van der Waals surface area contributed by atoms with Crippen molar-refractivity contribution < 1.29 is 19.7 Å². The molecule has 1 aliphatic rings. The highest BCUT2D eigenvalue weighted by Gasteiger charge is 2.37. The van der Waals surface area contributed by atoms with Gasteiger partial charge >= 0.3 is 0 Å². The summed E-state index contributed by atoms with van der Waals surface area (Å²) >= 11 is 0. The van der Waals surface area contributed by atoms with Crippen LogP contribution in [0.4, 0.5) is 0 Å². The van der Waals surface area contributed by atoms with Crippen LogP contribution in [0.1, 0.15) is 17.3 Å². The summed E-state index contributed by atoms with van der Waals surface area (Å²) in [7, 11) is 0. The third-order valence-electron chi connectivity index (χ3n) is 3.11. The van der Waals surface area contributed by atoms with E-state index in [9.17, 15) is 15.0 Å². The highest BCUT2D eigenvalue weighted by atomic mass is 16.5. The van der Waals surface area contributed by atoms with Gasteiger partial charge in [-0.15, -0.1) is 0 Å². The number of likely N-dealkylation sites (N-methyl/N-ethyl adjacent to an activating group) is 1. The molecule has 7 heteroatoms. The van der Waals surface area contributed by atoms with E-state index in [4.69, 9.17) is 4.74 Å². The Kier molecular flexibility index (Phi) is 3.95. The Bertz CT molecular complexity index is 395. The fourth-order valence-electron chi connectivity index (χ4n) is 2.10. The summed E-state index contributed by atoms with van der Waals surface area (Å²) in [6.07, 6.45) is 0.971. The number of carbonyl (C=O) groups is 1. The molecule has 7 nitrogen and oxygen atoms in total. The first-order chi connectivity index (χ1) is 8.65. The molecule has 3 atom stereocenters. The van der Waals surface area contributed by atoms with Gasteiger partial charge in [0.05, 0.1) is 31.0 Å². The minimum atomic E-state index is -0.991. The van der Waals surface area contributed by atoms with Gasteiger partial charge in [0.25, 0.3) is 5.91 Å². The molecule has 2 heterocycles. The van der Waals surface area contributed by atoms with Crippen molar-refractivity contribution >= 4 is 5.91 Å². The van der Waals surface area contributed by atoms with E-state index in [0.29, 0.717) is 12.1 Å². The number of amides is 1. The molecule has 0 saturated carbocycles. The number of aliphatic hydroxyl groups excluding tert-OH is 2. The van der Waals surface area contributed by atoms with Crippen molar-refractivity contribution in [1.82, 2.24) is 15.1 Å². The number of rotatable bonds is 3. The topological polar surface area (TPSA) is 98.7 Å². The van der Waals surface area contributed by atoms with E-state index >= 15 is 0 Å². The predicted molar refractivity (Wildman–Crippen MR) is 61.9 cm³/mol. The summed E-state index contributed by atoms with van der Waals surface area (Å²) < 4.78 is 5.19. The Morgan fingerprint density at radius 2 is 2.39 bits per heavy atom. The largest absolute Gasteiger partial charge is 0.388 e. The molecule has 2 rings (SSSR count). The van der Waals surface area contributed by atoms with Gasteiger partial charge in [0.1, 0.15) is 12.2 Å². The van der Waals surface area contributed by atoms with Crippen LogP contribution in [-0.4, -0.2) is 69.2 Å². The van der Waals surface area contributed by atoms with Crippen LogP contribution < -0.4 is 0 Å². The first-order valence-corrected chi connectivity index (χ1v) is 5.88. The lowest BCUT2D eigenvalue weighted by atomic mass is 10.0. The molecule has 0 aromatic carbocycles. The van der Waals surface area contributed by atoms with Crippen LogP contribution in [0.5, 0.6) is 0 Å². The van der Waals surface area contributed by atoms with Crippen molar-refractivity contribution in [2.75, 3.05) is 19.8 Å². The van der Waals surface area contributed by atoms with E-state index in [2.05, 4.69) is 10.2 Å². The first kappa shape index (κ1) is 13.0. The molecule has 18 heavy (non-hydrogen) atoms. The van der Waals surface area contributed by atoms with E-state index in [1.165, 1.54) is 17.3 Å². The molecule has 1 aliphatic heterocycles. The highest BCUT2D eigenvalue weighted by molar-refractivity contribution is 5.93. The molecule has 0 spiro atoms. The summed E-state index contributed by atoms with van der Waals surface area (Å²) in [6, 6.07) is -0.541. The summed E-state index contributed by atoms with van der Waals surface area (Å²) in [5.41, 5.74) is 0.420. The molecular weight excluding hydrogens is 238 g/mol. The van der Waals surface area contributed by atoms with Gasteiger partial charge in [0, 0.05) is 12.7 Å². The molecule has 1 amide bonds. The molecule has 0 bridgehead atoms. The lowest BCUT2D eigenvalue weighted by Gasteiger charge is -2.38. The van der Waals surface area contributed by atoms with Crippen LogP contribution in [0.3, 0.4) is 0 Å². The molecule has 0 aliphatic carbocycles. The maximum Gasteiger partial charge on any atom is 0.257 e. The number of nitrogens with one attached hydrogen (secondary N) is 1. The number of nitrogens with zero attached hydrogens (tertiary/aromatic N) is 2. The summed E-state index contributed by atoms with van der Waals surface area (Å²) in [5.74, 6) is -0.243. The third-order valence-corrected chi connectivity index (χ3v) is 3.11. The van der Waals surface area contributed by atoms with Gasteiger partial charge in [-0.3, -0.25) is 9.89 Å². The molecule has 1 aromatic heterocycles. The van der Waals surface area contributed by atoms with Gasteiger partial charge in [0.2, 0.25) is 0 Å². The zero-order valence-electron chi connectivity index (χ0n) is 10.1.